The van der Waals surface area contributed by atoms with E-state index in [2.05, 4.69) is 10.3 Å². The monoisotopic (exact) mass is 421 g/mol. The molecule has 0 saturated heterocycles. The number of hydrogen-bond donors (Lipinski definition) is 1. The molecule has 0 atom stereocenters. The molecule has 8 heteroatoms. The van der Waals surface area contributed by atoms with Crippen molar-refractivity contribution in [3.8, 4) is 5.75 Å². The van der Waals surface area contributed by atoms with Crippen molar-refractivity contribution in [2.75, 3.05) is 5.32 Å². The molecule has 158 valence electrons. The number of fused-ring (bicyclic) bond motifs is 1. The van der Waals surface area contributed by atoms with E-state index in [0.29, 0.717) is 34.1 Å². The van der Waals surface area contributed by atoms with E-state index in [9.17, 15) is 14.0 Å². The maximum Gasteiger partial charge on any atom is 0.287 e. The molecule has 7 nitrogen and oxygen atoms in total. The van der Waals surface area contributed by atoms with Gasteiger partial charge in [-0.2, -0.15) is 0 Å². The number of anilines is 1. The molecule has 0 saturated carbocycles. The van der Waals surface area contributed by atoms with Gasteiger partial charge in [0.25, 0.3) is 11.5 Å². The molecule has 0 unspecified atom stereocenters. The number of rotatable bonds is 5. The summed E-state index contributed by atoms with van der Waals surface area (Å²) in [6.45, 7) is 5.25. The molecule has 0 aliphatic heterocycles. The van der Waals surface area contributed by atoms with Crippen molar-refractivity contribution >= 4 is 17.2 Å². The van der Waals surface area contributed by atoms with E-state index in [1.165, 1.54) is 12.1 Å². The van der Waals surface area contributed by atoms with Gasteiger partial charge >= 0.3 is 0 Å². The van der Waals surface area contributed by atoms with Crippen LogP contribution in [0.15, 0.2) is 57.8 Å². The number of nitrogens with zero attached hydrogens (tertiary/aromatic N) is 2. The third-order valence-electron chi connectivity index (χ3n) is 4.72. The lowest BCUT2D eigenvalue weighted by Gasteiger charge is -2.13. The van der Waals surface area contributed by atoms with Crippen LogP contribution in [0.2, 0.25) is 0 Å². The number of nitrogens with one attached hydrogen (secondary N) is 1. The van der Waals surface area contributed by atoms with E-state index in [0.717, 1.165) is 10.1 Å². The first-order valence-corrected chi connectivity index (χ1v) is 9.61. The fraction of sp³-hybridized carbons (Fsp3) is 0.174. The number of benzene rings is 2. The van der Waals surface area contributed by atoms with E-state index >= 15 is 0 Å². The second-order valence-corrected chi connectivity index (χ2v) is 7.29. The van der Waals surface area contributed by atoms with Gasteiger partial charge in [-0.25, -0.2) is 9.37 Å². The lowest BCUT2D eigenvalue weighted by atomic mass is 10.1. The first kappa shape index (κ1) is 20.3. The van der Waals surface area contributed by atoms with Crippen LogP contribution in [0.5, 0.6) is 5.75 Å². The predicted molar refractivity (Wildman–Crippen MR) is 113 cm³/mol. The lowest BCUT2D eigenvalue weighted by molar-refractivity contribution is 0.102. The summed E-state index contributed by atoms with van der Waals surface area (Å²) in [5, 5.41) is 2.76. The minimum absolute atomic E-state index is 0.0149. The molecule has 4 aromatic rings. The summed E-state index contributed by atoms with van der Waals surface area (Å²) in [5.41, 5.74) is 2.46. The normalized spacial score (nSPS) is 11.0. The van der Waals surface area contributed by atoms with Crippen LogP contribution >= 0.6 is 0 Å². The number of hydrogen-bond acceptors (Lipinski definition) is 5. The summed E-state index contributed by atoms with van der Waals surface area (Å²) in [4.78, 5) is 29.1. The van der Waals surface area contributed by atoms with E-state index in [1.807, 2.05) is 13.0 Å². The number of carbonyl (C=O) groups is 1. The maximum atomic E-state index is 13.8. The molecular formula is C23H20FN3O4. The molecule has 4 rings (SSSR count). The van der Waals surface area contributed by atoms with Crippen molar-refractivity contribution in [1.29, 1.82) is 0 Å². The van der Waals surface area contributed by atoms with E-state index in [-0.39, 0.29) is 17.7 Å². The number of aryl methyl sites for hydroxylation is 3. The van der Waals surface area contributed by atoms with Gasteiger partial charge in [0.15, 0.2) is 5.65 Å². The standard InChI is InChI=1S/C23H20FN3O4/c1-13-4-7-20(19(8-13)26-23(29)16-6-5-14(2)18(24)10-16)30-12-17-11-22(28)27-21(25-17)9-15(3)31-27/h4-11H,12H2,1-3H3,(H,26,29). The molecule has 1 amide bonds. The number of amides is 1. The molecule has 0 aliphatic carbocycles. The molecule has 0 aliphatic rings. The summed E-state index contributed by atoms with van der Waals surface area (Å²) in [6, 6.07) is 12.6. The summed E-state index contributed by atoms with van der Waals surface area (Å²) in [5.74, 6) is 0.0623. The zero-order chi connectivity index (χ0) is 22.1. The minimum atomic E-state index is -0.457. The van der Waals surface area contributed by atoms with Crippen molar-refractivity contribution in [1.82, 2.24) is 9.56 Å². The van der Waals surface area contributed by atoms with Gasteiger partial charge in [-0.3, -0.25) is 9.59 Å². The molecule has 0 fully saturated rings. The highest BCUT2D eigenvalue weighted by molar-refractivity contribution is 6.05. The predicted octanol–water partition coefficient (Wildman–Crippen LogP) is 4.18. The van der Waals surface area contributed by atoms with Crippen LogP contribution in [0.1, 0.15) is 32.9 Å². The number of halogens is 1. The lowest BCUT2D eigenvalue weighted by Crippen LogP contribution is -2.15. The van der Waals surface area contributed by atoms with Crippen molar-refractivity contribution in [3.05, 3.63) is 92.8 Å². The van der Waals surface area contributed by atoms with E-state index in [4.69, 9.17) is 9.26 Å². The second kappa shape index (κ2) is 8.06. The molecule has 2 aromatic carbocycles. The van der Waals surface area contributed by atoms with Gasteiger partial charge in [0.2, 0.25) is 0 Å². The number of carbonyl (C=O) groups excluding carboxylic acids is 1. The quantitative estimate of drug-likeness (QED) is 0.522. The number of aromatic nitrogens is 2. The van der Waals surface area contributed by atoms with Gasteiger partial charge < -0.3 is 14.6 Å². The largest absolute Gasteiger partial charge is 0.485 e. The highest BCUT2D eigenvalue weighted by Crippen LogP contribution is 2.27. The third kappa shape index (κ3) is 4.32. The van der Waals surface area contributed by atoms with Gasteiger partial charge in [0.05, 0.1) is 11.4 Å². The Morgan fingerprint density at radius 2 is 1.94 bits per heavy atom. The molecule has 1 N–H and O–H groups in total. The van der Waals surface area contributed by atoms with Crippen molar-refractivity contribution < 1.29 is 18.4 Å². The average molecular weight is 421 g/mol. The SMILES string of the molecule is Cc1ccc(OCc2cc(=O)n3oc(C)cc3n2)c(NC(=O)c2ccc(C)c(F)c2)c1. The fourth-order valence-corrected chi connectivity index (χ4v) is 3.10. The third-order valence-corrected chi connectivity index (χ3v) is 4.72. The fourth-order valence-electron chi connectivity index (χ4n) is 3.10. The Morgan fingerprint density at radius 1 is 1.13 bits per heavy atom. The van der Waals surface area contributed by atoms with Crippen LogP contribution in [0.4, 0.5) is 10.1 Å². The van der Waals surface area contributed by atoms with E-state index in [1.54, 1.807) is 44.2 Å². The van der Waals surface area contributed by atoms with Gasteiger partial charge in [0, 0.05) is 17.7 Å². The Labute approximate surface area is 177 Å². The summed E-state index contributed by atoms with van der Waals surface area (Å²) in [6.07, 6.45) is 0. The Kier molecular flexibility index (Phi) is 5.29. The van der Waals surface area contributed by atoms with Gasteiger partial charge in [-0.1, -0.05) is 12.1 Å². The number of ether oxygens (including phenoxy) is 1. The molecule has 31 heavy (non-hydrogen) atoms. The zero-order valence-electron chi connectivity index (χ0n) is 17.2. The Morgan fingerprint density at radius 3 is 2.71 bits per heavy atom. The molecule has 0 radical (unpaired) electrons. The highest BCUT2D eigenvalue weighted by Gasteiger charge is 2.13. The minimum Gasteiger partial charge on any atom is -0.485 e. The van der Waals surface area contributed by atoms with E-state index < -0.39 is 11.7 Å². The smallest absolute Gasteiger partial charge is 0.287 e. The summed E-state index contributed by atoms with van der Waals surface area (Å²) in [7, 11) is 0. The summed E-state index contributed by atoms with van der Waals surface area (Å²) >= 11 is 0. The maximum absolute atomic E-state index is 13.8. The van der Waals surface area contributed by atoms with Crippen molar-refractivity contribution in [2.45, 2.75) is 27.4 Å². The topological polar surface area (TPSA) is 85.8 Å². The van der Waals surface area contributed by atoms with Crippen LogP contribution in [0.3, 0.4) is 0 Å². The molecular weight excluding hydrogens is 401 g/mol. The molecule has 0 bridgehead atoms. The summed E-state index contributed by atoms with van der Waals surface area (Å²) < 4.78 is 26.1. The van der Waals surface area contributed by atoms with Crippen molar-refractivity contribution in [2.24, 2.45) is 0 Å². The zero-order valence-corrected chi connectivity index (χ0v) is 17.2. The van der Waals surface area contributed by atoms with Gasteiger partial charge in [0.1, 0.15) is 23.9 Å². The average Bonchev–Trinajstić information content (AvgIpc) is 3.10. The first-order valence-electron chi connectivity index (χ1n) is 9.61. The Bertz CT molecular complexity index is 1360. The van der Waals surface area contributed by atoms with Crippen LogP contribution in [-0.4, -0.2) is 15.5 Å². The first-order chi connectivity index (χ1) is 14.8. The highest BCUT2D eigenvalue weighted by atomic mass is 19.1. The van der Waals surface area contributed by atoms with Crippen LogP contribution in [0.25, 0.3) is 5.65 Å². The molecule has 0 spiro atoms. The second-order valence-electron chi connectivity index (χ2n) is 7.29. The molecule has 2 heterocycles. The van der Waals surface area contributed by atoms with Crippen LogP contribution in [-0.2, 0) is 6.61 Å². The van der Waals surface area contributed by atoms with Crippen molar-refractivity contribution in [3.63, 3.8) is 0 Å². The Balaban J connectivity index is 1.56. The van der Waals surface area contributed by atoms with Gasteiger partial charge in [-0.05, 0) is 56.2 Å². The van der Waals surface area contributed by atoms with Gasteiger partial charge in [-0.15, -0.1) is 4.57 Å². The van der Waals surface area contributed by atoms with Crippen LogP contribution in [0, 0.1) is 26.6 Å². The Hall–Kier alpha value is -3.94. The molecule has 2 aromatic heterocycles. The van der Waals surface area contributed by atoms with Crippen LogP contribution < -0.4 is 15.6 Å².